The van der Waals surface area contributed by atoms with Gasteiger partial charge in [-0.05, 0) is 17.7 Å². The smallest absolute Gasteiger partial charge is 0.293 e. The number of carbonyl (C=O) groups excluding carboxylic acids is 2. The lowest BCUT2D eigenvalue weighted by atomic mass is 10.1. The first-order valence-electron chi connectivity index (χ1n) is 4.00. The monoisotopic (exact) mass is 243 g/mol. The van der Waals surface area contributed by atoms with E-state index in [1.54, 1.807) is 12.1 Å². The summed E-state index contributed by atoms with van der Waals surface area (Å²) >= 11 is 5.12. The fourth-order valence-corrected chi connectivity index (χ4v) is 1.47. The van der Waals surface area contributed by atoms with Crippen LogP contribution in [0.25, 0.3) is 10.9 Å². The van der Waals surface area contributed by atoms with Crippen LogP contribution in [-0.2, 0) is 4.79 Å². The van der Waals surface area contributed by atoms with E-state index in [-0.39, 0.29) is 12.4 Å². The lowest BCUT2D eigenvalue weighted by Gasteiger charge is -1.91. The molecule has 0 saturated heterocycles. The second-order valence-corrected chi connectivity index (χ2v) is 3.19. The van der Waals surface area contributed by atoms with Gasteiger partial charge in [-0.1, -0.05) is 18.2 Å². The SMILES string of the molecule is Cl.O=C(Cl)C(=O)c1c[nH]c2ccccc12. The molecule has 0 aliphatic carbocycles. The Kier molecular flexibility index (Phi) is 3.50. The molecule has 1 heterocycles. The Balaban J connectivity index is 0.00000112. The normalized spacial score (nSPS) is 9.67. The van der Waals surface area contributed by atoms with Gasteiger partial charge in [-0.2, -0.15) is 0 Å². The standard InChI is InChI=1S/C10H6ClNO2.ClH/c11-10(14)9(13)7-5-12-8-4-2-1-3-6(7)8;/h1-5,12H;1H. The maximum absolute atomic E-state index is 11.3. The van der Waals surface area contributed by atoms with Crippen molar-refractivity contribution in [3.05, 3.63) is 36.0 Å². The third-order valence-corrected chi connectivity index (χ3v) is 2.18. The molecule has 0 amide bonds. The molecule has 0 saturated carbocycles. The van der Waals surface area contributed by atoms with Crippen LogP contribution in [0.1, 0.15) is 10.4 Å². The highest BCUT2D eigenvalue weighted by molar-refractivity contribution is 6.83. The molecule has 1 aromatic heterocycles. The molecule has 0 aliphatic rings. The summed E-state index contributed by atoms with van der Waals surface area (Å²) in [6.45, 7) is 0. The zero-order valence-corrected chi connectivity index (χ0v) is 9.06. The van der Waals surface area contributed by atoms with E-state index >= 15 is 0 Å². The Morgan fingerprint density at radius 2 is 1.87 bits per heavy atom. The highest BCUT2D eigenvalue weighted by Gasteiger charge is 2.17. The number of benzene rings is 1. The zero-order chi connectivity index (χ0) is 10.1. The number of aromatic nitrogens is 1. The Morgan fingerprint density at radius 1 is 1.20 bits per heavy atom. The molecule has 0 spiro atoms. The Labute approximate surface area is 96.8 Å². The number of ketones is 1. The van der Waals surface area contributed by atoms with Gasteiger partial charge in [0.15, 0.2) is 0 Å². The van der Waals surface area contributed by atoms with E-state index in [9.17, 15) is 9.59 Å². The molecule has 0 unspecified atom stereocenters. The van der Waals surface area contributed by atoms with Crippen LogP contribution >= 0.6 is 24.0 Å². The highest BCUT2D eigenvalue weighted by atomic mass is 35.5. The van der Waals surface area contributed by atoms with Crippen LogP contribution in [0.5, 0.6) is 0 Å². The molecule has 0 aliphatic heterocycles. The van der Waals surface area contributed by atoms with Gasteiger partial charge in [0.2, 0.25) is 5.78 Å². The zero-order valence-electron chi connectivity index (χ0n) is 7.49. The number of fused-ring (bicyclic) bond motifs is 1. The summed E-state index contributed by atoms with van der Waals surface area (Å²) in [5, 5.41) is -0.249. The number of para-hydroxylation sites is 1. The van der Waals surface area contributed by atoms with Gasteiger partial charge in [-0.3, -0.25) is 9.59 Å². The molecule has 0 atom stereocenters. The molecular formula is C10H7Cl2NO2. The second-order valence-electron chi connectivity index (χ2n) is 2.85. The van der Waals surface area contributed by atoms with Gasteiger partial charge in [0, 0.05) is 17.1 Å². The number of H-pyrrole nitrogens is 1. The minimum atomic E-state index is -0.963. The number of Topliss-reactive ketones (excluding diaryl/α,β-unsaturated/α-hetero) is 1. The molecule has 1 aromatic carbocycles. The van der Waals surface area contributed by atoms with Crippen molar-refractivity contribution in [2.24, 2.45) is 0 Å². The number of halogens is 2. The van der Waals surface area contributed by atoms with Crippen molar-refractivity contribution in [1.82, 2.24) is 4.98 Å². The third kappa shape index (κ3) is 2.03. The minimum Gasteiger partial charge on any atom is -0.360 e. The van der Waals surface area contributed by atoms with Crippen LogP contribution in [-0.4, -0.2) is 16.0 Å². The first-order chi connectivity index (χ1) is 6.70. The lowest BCUT2D eigenvalue weighted by Crippen LogP contribution is -2.06. The number of hydrogen-bond donors (Lipinski definition) is 1. The average Bonchev–Trinajstić information content (AvgIpc) is 2.60. The van der Waals surface area contributed by atoms with E-state index in [2.05, 4.69) is 4.98 Å². The first kappa shape index (κ1) is 11.8. The number of carbonyl (C=O) groups is 2. The van der Waals surface area contributed by atoms with E-state index in [1.165, 1.54) is 6.20 Å². The molecule has 0 bridgehead atoms. The number of rotatable bonds is 2. The number of aromatic amines is 1. The van der Waals surface area contributed by atoms with E-state index in [0.717, 1.165) is 5.52 Å². The Hall–Kier alpha value is -1.32. The topological polar surface area (TPSA) is 49.9 Å². The largest absolute Gasteiger partial charge is 0.360 e. The van der Waals surface area contributed by atoms with Crippen LogP contribution in [0.3, 0.4) is 0 Å². The predicted molar refractivity (Wildman–Crippen MR) is 60.7 cm³/mol. The molecule has 2 rings (SSSR count). The second kappa shape index (κ2) is 4.47. The number of hydrogen-bond acceptors (Lipinski definition) is 2. The maximum Gasteiger partial charge on any atom is 0.293 e. The molecule has 0 radical (unpaired) electrons. The van der Waals surface area contributed by atoms with Gasteiger partial charge < -0.3 is 4.98 Å². The summed E-state index contributed by atoms with van der Waals surface area (Å²) in [4.78, 5) is 24.9. The molecule has 2 aromatic rings. The fourth-order valence-electron chi connectivity index (χ4n) is 1.37. The Bertz CT molecular complexity index is 519. The van der Waals surface area contributed by atoms with Crippen molar-refractivity contribution < 1.29 is 9.59 Å². The van der Waals surface area contributed by atoms with Crippen molar-refractivity contribution >= 4 is 45.9 Å². The van der Waals surface area contributed by atoms with Crippen molar-refractivity contribution in [3.8, 4) is 0 Å². The summed E-state index contributed by atoms with van der Waals surface area (Å²) in [6, 6.07) is 7.23. The summed E-state index contributed by atoms with van der Waals surface area (Å²) in [5.74, 6) is -0.677. The van der Waals surface area contributed by atoms with Gasteiger partial charge >= 0.3 is 0 Å². The van der Waals surface area contributed by atoms with Gasteiger partial charge in [0.25, 0.3) is 5.24 Å². The van der Waals surface area contributed by atoms with E-state index < -0.39 is 11.0 Å². The molecule has 15 heavy (non-hydrogen) atoms. The van der Waals surface area contributed by atoms with Crippen LogP contribution in [0.2, 0.25) is 0 Å². The van der Waals surface area contributed by atoms with E-state index in [1.807, 2.05) is 12.1 Å². The summed E-state index contributed by atoms with van der Waals surface area (Å²) in [5.41, 5.74) is 1.13. The molecule has 5 heteroatoms. The molecule has 0 fully saturated rings. The van der Waals surface area contributed by atoms with Crippen molar-refractivity contribution in [2.75, 3.05) is 0 Å². The average molecular weight is 244 g/mol. The summed E-state index contributed by atoms with van der Waals surface area (Å²) in [7, 11) is 0. The molecule has 78 valence electrons. The van der Waals surface area contributed by atoms with Crippen molar-refractivity contribution in [2.45, 2.75) is 0 Å². The number of nitrogens with one attached hydrogen (secondary N) is 1. The van der Waals surface area contributed by atoms with Crippen molar-refractivity contribution in [1.29, 1.82) is 0 Å². The third-order valence-electron chi connectivity index (χ3n) is 2.01. The van der Waals surface area contributed by atoms with Crippen LogP contribution in [0.4, 0.5) is 0 Å². The summed E-state index contributed by atoms with van der Waals surface area (Å²) < 4.78 is 0. The highest BCUT2D eigenvalue weighted by Crippen LogP contribution is 2.18. The van der Waals surface area contributed by atoms with Gasteiger partial charge in [0.1, 0.15) is 0 Å². The lowest BCUT2D eigenvalue weighted by molar-refractivity contribution is -0.108. The predicted octanol–water partition coefficient (Wildman–Crippen LogP) is 2.54. The molecule has 1 N–H and O–H groups in total. The quantitative estimate of drug-likeness (QED) is 0.501. The van der Waals surface area contributed by atoms with Gasteiger partial charge in [-0.25, -0.2) is 0 Å². The van der Waals surface area contributed by atoms with Crippen LogP contribution in [0, 0.1) is 0 Å². The van der Waals surface area contributed by atoms with E-state index in [0.29, 0.717) is 10.9 Å². The molecule has 3 nitrogen and oxygen atoms in total. The first-order valence-corrected chi connectivity index (χ1v) is 4.38. The van der Waals surface area contributed by atoms with Gasteiger partial charge in [-0.15, -0.1) is 12.4 Å². The van der Waals surface area contributed by atoms with Gasteiger partial charge in [0.05, 0.1) is 5.56 Å². The van der Waals surface area contributed by atoms with Crippen LogP contribution in [0.15, 0.2) is 30.5 Å². The van der Waals surface area contributed by atoms with Crippen molar-refractivity contribution in [3.63, 3.8) is 0 Å². The minimum absolute atomic E-state index is 0. The Morgan fingerprint density at radius 3 is 2.53 bits per heavy atom. The molecular weight excluding hydrogens is 237 g/mol. The maximum atomic E-state index is 11.3. The fraction of sp³-hybridized carbons (Fsp3) is 0. The summed E-state index contributed by atoms with van der Waals surface area (Å²) in [6.07, 6.45) is 1.49. The van der Waals surface area contributed by atoms with Crippen LogP contribution < -0.4 is 0 Å². The van der Waals surface area contributed by atoms with E-state index in [4.69, 9.17) is 11.6 Å².